The molecule has 5 heteroatoms. The van der Waals surface area contributed by atoms with E-state index in [9.17, 15) is 8.78 Å². The molecular weight excluding hydrogens is 282 g/mol. The lowest BCUT2D eigenvalue weighted by Crippen LogP contribution is -2.39. The van der Waals surface area contributed by atoms with Crippen molar-refractivity contribution in [2.75, 3.05) is 26.2 Å². The van der Waals surface area contributed by atoms with E-state index < -0.39 is 6.43 Å². The van der Waals surface area contributed by atoms with Crippen LogP contribution >= 0.6 is 12.4 Å². The van der Waals surface area contributed by atoms with Crippen molar-refractivity contribution in [1.29, 1.82) is 0 Å². The summed E-state index contributed by atoms with van der Waals surface area (Å²) in [5, 5.41) is 3.46. The number of hydrogen-bond acceptors (Lipinski definition) is 2. The molecule has 2 atom stereocenters. The van der Waals surface area contributed by atoms with Crippen LogP contribution in [0.1, 0.15) is 24.0 Å². The van der Waals surface area contributed by atoms with E-state index >= 15 is 0 Å². The second-order valence-corrected chi connectivity index (χ2v) is 5.74. The monoisotopic (exact) mass is 302 g/mol. The van der Waals surface area contributed by atoms with Crippen LogP contribution in [-0.4, -0.2) is 31.1 Å². The Morgan fingerprint density at radius 2 is 1.85 bits per heavy atom. The van der Waals surface area contributed by atoms with Crippen LogP contribution in [0.25, 0.3) is 0 Å². The largest absolute Gasteiger partial charge is 0.316 e. The van der Waals surface area contributed by atoms with E-state index in [0.717, 1.165) is 43.6 Å². The number of piperidine rings is 1. The molecular formula is C15H21ClF2N2. The highest BCUT2D eigenvalue weighted by atomic mass is 35.5. The van der Waals surface area contributed by atoms with E-state index in [1.807, 2.05) is 12.1 Å². The van der Waals surface area contributed by atoms with E-state index in [2.05, 4.69) is 10.2 Å². The van der Waals surface area contributed by atoms with Gasteiger partial charge in [-0.3, -0.25) is 4.90 Å². The van der Waals surface area contributed by atoms with Gasteiger partial charge in [-0.1, -0.05) is 24.3 Å². The van der Waals surface area contributed by atoms with Crippen LogP contribution in [0.5, 0.6) is 0 Å². The fraction of sp³-hybridized carbons (Fsp3) is 0.600. The Hall–Kier alpha value is -0.710. The molecule has 1 aromatic carbocycles. The second kappa shape index (κ2) is 6.83. The maximum absolute atomic E-state index is 12.5. The minimum atomic E-state index is -2.37. The van der Waals surface area contributed by atoms with Crippen molar-refractivity contribution in [1.82, 2.24) is 10.2 Å². The van der Waals surface area contributed by atoms with E-state index in [1.54, 1.807) is 12.1 Å². The molecule has 0 radical (unpaired) electrons. The fourth-order valence-corrected chi connectivity index (χ4v) is 3.28. The summed E-state index contributed by atoms with van der Waals surface area (Å²) in [6.45, 7) is 5.44. The summed E-state index contributed by atoms with van der Waals surface area (Å²) in [6, 6.07) is 6.76. The van der Waals surface area contributed by atoms with Crippen molar-refractivity contribution in [2.45, 2.75) is 19.4 Å². The molecule has 2 aliphatic heterocycles. The number of hydrogen-bond donors (Lipinski definition) is 1. The Bertz CT molecular complexity index is 424. The zero-order chi connectivity index (χ0) is 13.2. The predicted octanol–water partition coefficient (Wildman–Crippen LogP) is 3.09. The minimum Gasteiger partial charge on any atom is -0.316 e. The highest BCUT2D eigenvalue weighted by Gasteiger charge is 2.32. The SMILES string of the molecule is Cl.FC(F)c1ccc(CN2CCC3CNCC3C2)cc1. The van der Waals surface area contributed by atoms with Crippen molar-refractivity contribution >= 4 is 12.4 Å². The van der Waals surface area contributed by atoms with E-state index in [1.165, 1.54) is 13.0 Å². The summed E-state index contributed by atoms with van der Waals surface area (Å²) in [5.41, 5.74) is 1.25. The first-order chi connectivity index (χ1) is 9.22. The summed E-state index contributed by atoms with van der Waals surface area (Å²) >= 11 is 0. The molecule has 2 fully saturated rings. The van der Waals surface area contributed by atoms with Crippen LogP contribution in [0.15, 0.2) is 24.3 Å². The molecule has 3 rings (SSSR count). The molecule has 1 N–H and O–H groups in total. The van der Waals surface area contributed by atoms with Gasteiger partial charge in [0.2, 0.25) is 0 Å². The number of fused-ring (bicyclic) bond motifs is 1. The van der Waals surface area contributed by atoms with Gasteiger partial charge in [0.05, 0.1) is 0 Å². The average Bonchev–Trinajstić information content (AvgIpc) is 2.87. The molecule has 1 aromatic rings. The van der Waals surface area contributed by atoms with Crippen molar-refractivity contribution in [3.05, 3.63) is 35.4 Å². The lowest BCUT2D eigenvalue weighted by atomic mass is 9.88. The van der Waals surface area contributed by atoms with Crippen LogP contribution in [-0.2, 0) is 6.54 Å². The van der Waals surface area contributed by atoms with Crippen molar-refractivity contribution < 1.29 is 8.78 Å². The Kier molecular flexibility index (Phi) is 5.35. The summed E-state index contributed by atoms with van der Waals surface area (Å²) in [6.07, 6.45) is -1.11. The summed E-state index contributed by atoms with van der Waals surface area (Å²) in [4.78, 5) is 2.45. The van der Waals surface area contributed by atoms with Crippen molar-refractivity contribution in [2.24, 2.45) is 11.8 Å². The zero-order valence-corrected chi connectivity index (χ0v) is 12.2. The molecule has 20 heavy (non-hydrogen) atoms. The van der Waals surface area contributed by atoms with Gasteiger partial charge in [-0.2, -0.15) is 0 Å². The number of halogens is 3. The second-order valence-electron chi connectivity index (χ2n) is 5.74. The van der Waals surface area contributed by atoms with Gasteiger partial charge in [0, 0.05) is 18.7 Å². The maximum Gasteiger partial charge on any atom is 0.263 e. The molecule has 0 aliphatic carbocycles. The maximum atomic E-state index is 12.5. The van der Waals surface area contributed by atoms with Gasteiger partial charge in [0.25, 0.3) is 6.43 Å². The minimum absolute atomic E-state index is 0. The van der Waals surface area contributed by atoms with Crippen LogP contribution in [0, 0.1) is 11.8 Å². The lowest BCUT2D eigenvalue weighted by Gasteiger charge is -2.34. The quantitative estimate of drug-likeness (QED) is 0.923. The molecule has 2 saturated heterocycles. The summed E-state index contributed by atoms with van der Waals surface area (Å²) < 4.78 is 25.0. The zero-order valence-electron chi connectivity index (χ0n) is 11.4. The third kappa shape index (κ3) is 3.48. The molecule has 0 bridgehead atoms. The van der Waals surface area contributed by atoms with Gasteiger partial charge in [0.15, 0.2) is 0 Å². The van der Waals surface area contributed by atoms with Crippen LogP contribution in [0.2, 0.25) is 0 Å². The average molecular weight is 303 g/mol. The molecule has 2 unspecified atom stereocenters. The Morgan fingerprint density at radius 1 is 1.15 bits per heavy atom. The number of nitrogens with zero attached hydrogens (tertiary/aromatic N) is 1. The number of nitrogens with one attached hydrogen (secondary N) is 1. The predicted molar refractivity (Wildman–Crippen MR) is 78.4 cm³/mol. The molecule has 2 aliphatic rings. The highest BCUT2D eigenvalue weighted by Crippen LogP contribution is 2.27. The smallest absolute Gasteiger partial charge is 0.263 e. The Balaban J connectivity index is 0.00000147. The standard InChI is InChI=1S/C15H20F2N2.ClH/c16-15(17)12-3-1-11(2-4-12)9-19-6-5-13-7-18-8-14(13)10-19;/h1-4,13-15,18H,5-10H2;1H. The van der Waals surface area contributed by atoms with Gasteiger partial charge in [0.1, 0.15) is 0 Å². The third-order valence-corrected chi connectivity index (χ3v) is 4.43. The summed E-state index contributed by atoms with van der Waals surface area (Å²) in [5.74, 6) is 1.62. The first-order valence-corrected chi connectivity index (χ1v) is 7.02. The van der Waals surface area contributed by atoms with E-state index in [0.29, 0.717) is 0 Å². The van der Waals surface area contributed by atoms with Crippen LogP contribution in [0.4, 0.5) is 8.78 Å². The third-order valence-electron chi connectivity index (χ3n) is 4.43. The normalized spacial score (nSPS) is 26.4. The lowest BCUT2D eigenvalue weighted by molar-refractivity contribution is 0.142. The first-order valence-electron chi connectivity index (χ1n) is 7.02. The Labute approximate surface area is 124 Å². The molecule has 2 heterocycles. The van der Waals surface area contributed by atoms with Gasteiger partial charge in [-0.25, -0.2) is 8.78 Å². The molecule has 112 valence electrons. The topological polar surface area (TPSA) is 15.3 Å². The number of rotatable bonds is 3. The van der Waals surface area contributed by atoms with E-state index in [4.69, 9.17) is 0 Å². The molecule has 0 amide bonds. The van der Waals surface area contributed by atoms with Gasteiger partial charge in [-0.05, 0) is 43.5 Å². The number of benzene rings is 1. The van der Waals surface area contributed by atoms with Crippen molar-refractivity contribution in [3.8, 4) is 0 Å². The molecule has 0 saturated carbocycles. The van der Waals surface area contributed by atoms with E-state index in [-0.39, 0.29) is 18.0 Å². The van der Waals surface area contributed by atoms with Crippen LogP contribution in [0.3, 0.4) is 0 Å². The Morgan fingerprint density at radius 3 is 2.55 bits per heavy atom. The van der Waals surface area contributed by atoms with Gasteiger partial charge in [-0.15, -0.1) is 12.4 Å². The molecule has 2 nitrogen and oxygen atoms in total. The number of likely N-dealkylation sites (tertiary alicyclic amines) is 1. The fourth-order valence-electron chi connectivity index (χ4n) is 3.28. The first kappa shape index (κ1) is 15.7. The van der Waals surface area contributed by atoms with Crippen molar-refractivity contribution in [3.63, 3.8) is 0 Å². The van der Waals surface area contributed by atoms with Gasteiger partial charge >= 0.3 is 0 Å². The summed E-state index contributed by atoms with van der Waals surface area (Å²) in [7, 11) is 0. The molecule has 0 aromatic heterocycles. The number of alkyl halides is 2. The highest BCUT2D eigenvalue weighted by molar-refractivity contribution is 5.85. The van der Waals surface area contributed by atoms with Crippen LogP contribution < -0.4 is 5.32 Å². The molecule has 0 spiro atoms. The van der Waals surface area contributed by atoms with Gasteiger partial charge < -0.3 is 5.32 Å².